The summed E-state index contributed by atoms with van der Waals surface area (Å²) >= 11 is 0. The Kier molecular flexibility index (Phi) is 3.52. The Hall–Kier alpha value is -2.02. The molecule has 4 nitrogen and oxygen atoms in total. The first-order valence-electron chi connectivity index (χ1n) is 5.93. The molecule has 1 heterocycles. The summed E-state index contributed by atoms with van der Waals surface area (Å²) in [6, 6.07) is 5.57. The summed E-state index contributed by atoms with van der Waals surface area (Å²) in [5.41, 5.74) is 1.57. The second kappa shape index (κ2) is 5.09. The van der Waals surface area contributed by atoms with E-state index >= 15 is 0 Å². The van der Waals surface area contributed by atoms with Gasteiger partial charge in [-0.15, -0.1) is 0 Å². The van der Waals surface area contributed by atoms with Gasteiger partial charge in [-0.2, -0.15) is 5.26 Å². The zero-order chi connectivity index (χ0) is 13.1. The van der Waals surface area contributed by atoms with Crippen LogP contribution in [-0.2, 0) is 6.42 Å². The molecule has 1 unspecified atom stereocenters. The highest BCUT2D eigenvalue weighted by molar-refractivity contribution is 5.99. The van der Waals surface area contributed by atoms with Crippen molar-refractivity contribution in [3.63, 3.8) is 0 Å². The van der Waals surface area contributed by atoms with Gasteiger partial charge in [0.15, 0.2) is 5.78 Å². The number of methoxy groups -OCH3 is 1. The van der Waals surface area contributed by atoms with E-state index < -0.39 is 0 Å². The Labute approximate surface area is 106 Å². The highest BCUT2D eigenvalue weighted by Crippen LogP contribution is 2.35. The normalized spacial score (nSPS) is 16.6. The molecule has 1 aromatic carbocycles. The van der Waals surface area contributed by atoms with E-state index in [9.17, 15) is 4.79 Å². The van der Waals surface area contributed by atoms with Gasteiger partial charge in [0, 0.05) is 24.8 Å². The number of carbonyl (C=O) groups excluding carboxylic acids is 1. The zero-order valence-corrected chi connectivity index (χ0v) is 10.5. The number of hydrogen-bond donors (Lipinski definition) is 0. The maximum Gasteiger partial charge on any atom is 0.167 e. The molecule has 18 heavy (non-hydrogen) atoms. The number of nitriles is 1. The molecule has 4 heteroatoms. The van der Waals surface area contributed by atoms with Gasteiger partial charge in [-0.3, -0.25) is 4.79 Å². The van der Waals surface area contributed by atoms with Crippen molar-refractivity contribution in [2.45, 2.75) is 32.3 Å². The van der Waals surface area contributed by atoms with Gasteiger partial charge in [-0.05, 0) is 19.1 Å². The Morgan fingerprint density at radius 1 is 1.61 bits per heavy atom. The fourth-order valence-electron chi connectivity index (χ4n) is 2.13. The van der Waals surface area contributed by atoms with E-state index in [4.69, 9.17) is 14.7 Å². The topological polar surface area (TPSA) is 59.3 Å². The Balaban J connectivity index is 2.33. The molecule has 1 aliphatic rings. The minimum atomic E-state index is -0.0839. The summed E-state index contributed by atoms with van der Waals surface area (Å²) in [6.07, 6.45) is 1.39. The second-order valence-corrected chi connectivity index (χ2v) is 4.37. The molecule has 94 valence electrons. The fourth-order valence-corrected chi connectivity index (χ4v) is 2.13. The van der Waals surface area contributed by atoms with Gasteiger partial charge in [0.1, 0.15) is 17.6 Å². The number of benzene rings is 1. The van der Waals surface area contributed by atoms with Crippen molar-refractivity contribution in [2.75, 3.05) is 7.11 Å². The summed E-state index contributed by atoms with van der Waals surface area (Å²) < 4.78 is 10.9. The monoisotopic (exact) mass is 245 g/mol. The molecule has 0 radical (unpaired) electrons. The summed E-state index contributed by atoms with van der Waals surface area (Å²) in [5, 5.41) is 8.52. The van der Waals surface area contributed by atoms with Gasteiger partial charge in [-0.1, -0.05) is 0 Å². The van der Waals surface area contributed by atoms with Gasteiger partial charge in [0.25, 0.3) is 0 Å². The minimum Gasteiger partial charge on any atom is -0.496 e. The average Bonchev–Trinajstić information content (AvgIpc) is 2.73. The maximum absolute atomic E-state index is 12.0. The van der Waals surface area contributed by atoms with Crippen LogP contribution in [0.2, 0.25) is 0 Å². The molecule has 0 aromatic heterocycles. The SMILES string of the molecule is COc1cc2c(cc1C(=O)CCC#N)OC(C)C2. The first-order chi connectivity index (χ1) is 8.65. The first kappa shape index (κ1) is 12.4. The molecule has 0 aliphatic carbocycles. The minimum absolute atomic E-state index is 0.0839. The molecule has 1 atom stereocenters. The van der Waals surface area contributed by atoms with Crippen LogP contribution in [0.1, 0.15) is 35.7 Å². The van der Waals surface area contributed by atoms with Crippen molar-refractivity contribution in [1.82, 2.24) is 0 Å². The van der Waals surface area contributed by atoms with E-state index in [2.05, 4.69) is 0 Å². The quantitative estimate of drug-likeness (QED) is 0.765. The smallest absolute Gasteiger partial charge is 0.167 e. The lowest BCUT2D eigenvalue weighted by atomic mass is 10.0. The third-order valence-electron chi connectivity index (χ3n) is 2.98. The van der Waals surface area contributed by atoms with E-state index in [0.29, 0.717) is 11.3 Å². The van der Waals surface area contributed by atoms with Crippen LogP contribution in [0.25, 0.3) is 0 Å². The second-order valence-electron chi connectivity index (χ2n) is 4.37. The van der Waals surface area contributed by atoms with Crippen molar-refractivity contribution in [3.05, 3.63) is 23.3 Å². The lowest BCUT2D eigenvalue weighted by Gasteiger charge is -2.09. The van der Waals surface area contributed by atoms with Crippen molar-refractivity contribution in [3.8, 4) is 17.6 Å². The number of ether oxygens (including phenoxy) is 2. The van der Waals surface area contributed by atoms with E-state index in [0.717, 1.165) is 17.7 Å². The number of rotatable bonds is 4. The molecule has 0 bridgehead atoms. The molecule has 0 saturated carbocycles. The number of fused-ring (bicyclic) bond motifs is 1. The predicted octanol–water partition coefficient (Wildman–Crippen LogP) is 2.51. The van der Waals surface area contributed by atoms with Crippen molar-refractivity contribution >= 4 is 5.78 Å². The van der Waals surface area contributed by atoms with Crippen LogP contribution in [0.15, 0.2) is 12.1 Å². The number of nitrogens with zero attached hydrogens (tertiary/aromatic N) is 1. The number of ketones is 1. The lowest BCUT2D eigenvalue weighted by molar-refractivity contribution is 0.0980. The van der Waals surface area contributed by atoms with Crippen LogP contribution >= 0.6 is 0 Å². The molecule has 0 saturated heterocycles. The van der Waals surface area contributed by atoms with Crippen molar-refractivity contribution in [2.24, 2.45) is 0 Å². The van der Waals surface area contributed by atoms with Gasteiger partial charge in [0.05, 0.1) is 18.7 Å². The molecule has 1 aromatic rings. The van der Waals surface area contributed by atoms with Gasteiger partial charge < -0.3 is 9.47 Å². The van der Waals surface area contributed by atoms with E-state index in [1.54, 1.807) is 13.2 Å². The van der Waals surface area contributed by atoms with Crippen LogP contribution in [0.4, 0.5) is 0 Å². The van der Waals surface area contributed by atoms with Crippen LogP contribution in [-0.4, -0.2) is 19.0 Å². The third-order valence-corrected chi connectivity index (χ3v) is 2.98. The van der Waals surface area contributed by atoms with E-state index in [1.807, 2.05) is 19.1 Å². The van der Waals surface area contributed by atoms with Gasteiger partial charge in [-0.25, -0.2) is 0 Å². The fraction of sp³-hybridized carbons (Fsp3) is 0.429. The molecular formula is C14H15NO3. The Bertz CT molecular complexity index is 517. The largest absolute Gasteiger partial charge is 0.496 e. The van der Waals surface area contributed by atoms with Crippen molar-refractivity contribution in [1.29, 1.82) is 5.26 Å². The number of carbonyl (C=O) groups is 1. The summed E-state index contributed by atoms with van der Waals surface area (Å²) in [7, 11) is 1.54. The zero-order valence-electron chi connectivity index (χ0n) is 10.5. The highest BCUT2D eigenvalue weighted by atomic mass is 16.5. The number of hydrogen-bond acceptors (Lipinski definition) is 4. The van der Waals surface area contributed by atoms with Crippen LogP contribution < -0.4 is 9.47 Å². The van der Waals surface area contributed by atoms with Crippen molar-refractivity contribution < 1.29 is 14.3 Å². The average molecular weight is 245 g/mol. The van der Waals surface area contributed by atoms with Gasteiger partial charge >= 0.3 is 0 Å². The molecular weight excluding hydrogens is 230 g/mol. The predicted molar refractivity (Wildman–Crippen MR) is 66.0 cm³/mol. The van der Waals surface area contributed by atoms with Crippen LogP contribution in [0.3, 0.4) is 0 Å². The summed E-state index contributed by atoms with van der Waals surface area (Å²) in [5.74, 6) is 1.23. The third kappa shape index (κ3) is 2.30. The Morgan fingerprint density at radius 2 is 2.39 bits per heavy atom. The van der Waals surface area contributed by atoms with Crippen LogP contribution in [0.5, 0.6) is 11.5 Å². The molecule has 1 aliphatic heterocycles. The molecule has 0 N–H and O–H groups in total. The molecule has 0 fully saturated rings. The standard InChI is InChI=1S/C14H15NO3/c1-9-6-10-7-14(17-2)11(8-13(10)18-9)12(16)4-3-5-15/h7-9H,3-4,6H2,1-2H3. The lowest BCUT2D eigenvalue weighted by Crippen LogP contribution is -2.05. The van der Waals surface area contributed by atoms with E-state index in [1.165, 1.54) is 0 Å². The van der Waals surface area contributed by atoms with Crippen LogP contribution in [0, 0.1) is 11.3 Å². The molecule has 0 amide bonds. The van der Waals surface area contributed by atoms with E-state index in [-0.39, 0.29) is 24.7 Å². The molecule has 2 rings (SSSR count). The van der Waals surface area contributed by atoms with Gasteiger partial charge in [0.2, 0.25) is 0 Å². The molecule has 0 spiro atoms. The first-order valence-corrected chi connectivity index (χ1v) is 5.93. The summed E-state index contributed by atoms with van der Waals surface area (Å²) in [6.45, 7) is 1.99. The Morgan fingerprint density at radius 3 is 3.06 bits per heavy atom. The number of Topliss-reactive ketones (excluding diaryl/α,β-unsaturated/α-hetero) is 1. The highest BCUT2D eigenvalue weighted by Gasteiger charge is 2.23. The summed E-state index contributed by atoms with van der Waals surface area (Å²) in [4.78, 5) is 12.0. The maximum atomic E-state index is 12.0.